The fourth-order valence-electron chi connectivity index (χ4n) is 4.09. The molecule has 3 aromatic rings. The lowest BCUT2D eigenvalue weighted by atomic mass is 10.0. The van der Waals surface area contributed by atoms with Crippen LogP contribution in [0.2, 0.25) is 0 Å². The maximum absolute atomic E-state index is 13.3. The Hall–Kier alpha value is -3.46. The first kappa shape index (κ1) is 18.6. The van der Waals surface area contributed by atoms with E-state index in [-0.39, 0.29) is 24.2 Å². The van der Waals surface area contributed by atoms with Crippen molar-refractivity contribution >= 4 is 28.4 Å². The van der Waals surface area contributed by atoms with Gasteiger partial charge < -0.3 is 20.1 Å². The number of benzene rings is 1. The number of nitrogens with two attached hydrogens (primary N) is 1. The minimum Gasteiger partial charge on any atom is -0.490 e. The second-order valence-corrected chi connectivity index (χ2v) is 7.53. The zero-order valence-electron chi connectivity index (χ0n) is 16.4. The summed E-state index contributed by atoms with van der Waals surface area (Å²) in [4.78, 5) is 30.8. The number of pyridine rings is 1. The topological polar surface area (TPSA) is 113 Å². The van der Waals surface area contributed by atoms with Crippen LogP contribution in [0.4, 0.5) is 5.69 Å². The number of nitrogens with zero attached hydrogens (tertiary/aromatic N) is 4. The molecule has 0 saturated carbocycles. The van der Waals surface area contributed by atoms with E-state index in [1.165, 1.54) is 0 Å². The molecule has 2 N–H and O–H groups in total. The molecule has 30 heavy (non-hydrogen) atoms. The highest BCUT2D eigenvalue weighted by Crippen LogP contribution is 2.36. The Balaban J connectivity index is 1.63. The summed E-state index contributed by atoms with van der Waals surface area (Å²) in [6.07, 6.45) is 2.36. The first-order valence-corrected chi connectivity index (χ1v) is 9.79. The van der Waals surface area contributed by atoms with Crippen molar-refractivity contribution in [2.75, 3.05) is 31.8 Å². The van der Waals surface area contributed by atoms with Crippen LogP contribution in [0.1, 0.15) is 34.6 Å². The largest absolute Gasteiger partial charge is 0.490 e. The van der Waals surface area contributed by atoms with Crippen molar-refractivity contribution in [3.8, 4) is 5.75 Å². The van der Waals surface area contributed by atoms with Crippen molar-refractivity contribution in [1.82, 2.24) is 14.8 Å². The van der Waals surface area contributed by atoms with E-state index in [2.05, 4.69) is 4.98 Å². The Labute approximate surface area is 172 Å². The van der Waals surface area contributed by atoms with Gasteiger partial charge in [-0.2, -0.15) is 5.10 Å². The van der Waals surface area contributed by atoms with E-state index in [0.29, 0.717) is 41.2 Å². The van der Waals surface area contributed by atoms with E-state index >= 15 is 0 Å². The van der Waals surface area contributed by atoms with Gasteiger partial charge in [0, 0.05) is 25.2 Å². The standard InChI is InChI=1S/C21H21N5O4/c1-25-16-4-2-3-5-18(16)30-11-14(21(25)28)19-13-9-23-15(20(22)27)8-17(13)26(24-19)12-6-7-29-10-12/h2-5,8-9,12,14H,6-7,10-11H2,1H3,(H2,22,27)/t12?,14-/m1/s1. The molecule has 2 aliphatic rings. The molecule has 2 amide bonds. The molecule has 2 aromatic heterocycles. The van der Waals surface area contributed by atoms with Crippen molar-refractivity contribution in [2.45, 2.75) is 18.4 Å². The molecule has 1 fully saturated rings. The summed E-state index contributed by atoms with van der Waals surface area (Å²) >= 11 is 0. The lowest BCUT2D eigenvalue weighted by Crippen LogP contribution is -2.32. The molecule has 9 nitrogen and oxygen atoms in total. The molecule has 0 bridgehead atoms. The van der Waals surface area contributed by atoms with Gasteiger partial charge in [-0.15, -0.1) is 0 Å². The van der Waals surface area contributed by atoms with Gasteiger partial charge in [-0.05, 0) is 24.6 Å². The van der Waals surface area contributed by atoms with Crippen molar-refractivity contribution in [3.05, 3.63) is 47.9 Å². The zero-order valence-corrected chi connectivity index (χ0v) is 16.4. The Morgan fingerprint density at radius 3 is 2.87 bits per heavy atom. The maximum atomic E-state index is 13.3. The average Bonchev–Trinajstić information content (AvgIpc) is 3.38. The molecule has 9 heteroatoms. The number of para-hydroxylation sites is 2. The molecule has 1 unspecified atom stereocenters. The predicted octanol–water partition coefficient (Wildman–Crippen LogP) is 1.63. The molecule has 2 atom stereocenters. The SMILES string of the molecule is CN1C(=O)[C@@H](c2nn(C3CCOC3)c3cc(C(N)=O)ncc23)COc2ccccc21. The van der Waals surface area contributed by atoms with E-state index in [4.69, 9.17) is 20.3 Å². The van der Waals surface area contributed by atoms with Gasteiger partial charge in [0.05, 0.1) is 29.5 Å². The number of primary amides is 1. The first-order chi connectivity index (χ1) is 14.5. The predicted molar refractivity (Wildman–Crippen MR) is 109 cm³/mol. The van der Waals surface area contributed by atoms with Crippen molar-refractivity contribution in [3.63, 3.8) is 0 Å². The minimum atomic E-state index is -0.616. The molecule has 5 rings (SSSR count). The number of carbonyl (C=O) groups excluding carboxylic acids is 2. The molecule has 0 radical (unpaired) electrons. The van der Waals surface area contributed by atoms with Crippen molar-refractivity contribution < 1.29 is 19.1 Å². The number of ether oxygens (including phenoxy) is 2. The maximum Gasteiger partial charge on any atom is 0.267 e. The second-order valence-electron chi connectivity index (χ2n) is 7.53. The zero-order chi connectivity index (χ0) is 20.8. The van der Waals surface area contributed by atoms with E-state index in [1.807, 2.05) is 28.9 Å². The molecular formula is C21H21N5O4. The van der Waals surface area contributed by atoms with Gasteiger partial charge in [0.25, 0.3) is 5.91 Å². The van der Waals surface area contributed by atoms with Gasteiger partial charge >= 0.3 is 0 Å². The molecule has 1 saturated heterocycles. The number of aromatic nitrogens is 3. The van der Waals surface area contributed by atoms with Gasteiger partial charge in [0.15, 0.2) is 0 Å². The molecule has 1 aromatic carbocycles. The highest BCUT2D eigenvalue weighted by Gasteiger charge is 2.35. The van der Waals surface area contributed by atoms with E-state index in [0.717, 1.165) is 6.42 Å². The Bertz CT molecular complexity index is 1150. The Morgan fingerprint density at radius 1 is 1.27 bits per heavy atom. The van der Waals surface area contributed by atoms with Crippen LogP contribution in [0.25, 0.3) is 10.9 Å². The van der Waals surface area contributed by atoms with Crippen LogP contribution < -0.4 is 15.4 Å². The van der Waals surface area contributed by atoms with Crippen LogP contribution in [0.15, 0.2) is 36.5 Å². The number of anilines is 1. The third kappa shape index (κ3) is 2.89. The fourth-order valence-corrected chi connectivity index (χ4v) is 4.09. The van der Waals surface area contributed by atoms with Gasteiger partial charge in [0.1, 0.15) is 24.0 Å². The third-order valence-corrected chi connectivity index (χ3v) is 5.72. The van der Waals surface area contributed by atoms with Crippen LogP contribution in [-0.4, -0.2) is 53.4 Å². The van der Waals surface area contributed by atoms with Crippen molar-refractivity contribution in [1.29, 1.82) is 0 Å². The number of rotatable bonds is 3. The average molecular weight is 407 g/mol. The normalized spacial score (nSPS) is 21.4. The first-order valence-electron chi connectivity index (χ1n) is 9.79. The summed E-state index contributed by atoms with van der Waals surface area (Å²) in [5, 5.41) is 5.50. The van der Waals surface area contributed by atoms with E-state index in [9.17, 15) is 9.59 Å². The number of hydrogen-bond donors (Lipinski definition) is 1. The van der Waals surface area contributed by atoms with Gasteiger partial charge in [-0.25, -0.2) is 0 Å². The second kappa shape index (κ2) is 7.10. The number of hydrogen-bond acceptors (Lipinski definition) is 6. The molecule has 0 spiro atoms. The number of amides is 2. The van der Waals surface area contributed by atoms with Gasteiger partial charge in [0.2, 0.25) is 5.91 Å². The highest BCUT2D eigenvalue weighted by atomic mass is 16.5. The van der Waals surface area contributed by atoms with Crippen LogP contribution >= 0.6 is 0 Å². The smallest absolute Gasteiger partial charge is 0.267 e. The quantitative estimate of drug-likeness (QED) is 0.706. The lowest BCUT2D eigenvalue weighted by molar-refractivity contribution is -0.120. The van der Waals surface area contributed by atoms with Gasteiger partial charge in [-0.3, -0.25) is 19.3 Å². The molecular weight excluding hydrogens is 386 g/mol. The van der Waals surface area contributed by atoms with Crippen LogP contribution in [0.3, 0.4) is 0 Å². The monoisotopic (exact) mass is 407 g/mol. The minimum absolute atomic E-state index is 0.0149. The third-order valence-electron chi connectivity index (χ3n) is 5.72. The van der Waals surface area contributed by atoms with Crippen LogP contribution in [0, 0.1) is 0 Å². The summed E-state index contributed by atoms with van der Waals surface area (Å²) in [7, 11) is 1.73. The van der Waals surface area contributed by atoms with E-state index in [1.54, 1.807) is 24.2 Å². The Morgan fingerprint density at radius 2 is 2.10 bits per heavy atom. The summed E-state index contributed by atoms with van der Waals surface area (Å²) in [6.45, 7) is 1.31. The van der Waals surface area contributed by atoms with E-state index < -0.39 is 11.8 Å². The molecule has 0 aliphatic carbocycles. The summed E-state index contributed by atoms with van der Waals surface area (Å²) in [5.74, 6) is -0.696. The lowest BCUT2D eigenvalue weighted by Gasteiger charge is -2.18. The summed E-state index contributed by atoms with van der Waals surface area (Å²) in [5.41, 5.74) is 7.58. The number of likely N-dealkylation sites (N-methyl/N-ethyl adjacent to an activating group) is 1. The summed E-state index contributed by atoms with van der Waals surface area (Å²) < 4.78 is 13.3. The number of fused-ring (bicyclic) bond motifs is 2. The highest BCUT2D eigenvalue weighted by molar-refractivity contribution is 6.02. The van der Waals surface area contributed by atoms with Crippen LogP contribution in [-0.2, 0) is 9.53 Å². The summed E-state index contributed by atoms with van der Waals surface area (Å²) in [6, 6.07) is 9.08. The van der Waals surface area contributed by atoms with Crippen molar-refractivity contribution in [2.24, 2.45) is 5.73 Å². The Kier molecular flexibility index (Phi) is 4.39. The molecule has 2 aliphatic heterocycles. The van der Waals surface area contributed by atoms with Crippen LogP contribution in [0.5, 0.6) is 5.75 Å². The fraction of sp³-hybridized carbons (Fsp3) is 0.333. The van der Waals surface area contributed by atoms with Gasteiger partial charge in [-0.1, -0.05) is 12.1 Å². The molecule has 4 heterocycles. The molecule has 154 valence electrons. The number of carbonyl (C=O) groups is 2.